The van der Waals surface area contributed by atoms with Crippen LogP contribution in [0.1, 0.15) is 111 Å². The molecule has 0 spiro atoms. The molecule has 2 atom stereocenters. The molecule has 1 aromatic carbocycles. The summed E-state index contributed by atoms with van der Waals surface area (Å²) in [5.74, 6) is -1.14. The van der Waals surface area contributed by atoms with Crippen molar-refractivity contribution in [3.8, 4) is 11.5 Å². The zero-order valence-electron chi connectivity index (χ0n) is 37.8. The number of carboxylic acids is 1. The van der Waals surface area contributed by atoms with Gasteiger partial charge in [0.05, 0.1) is 28.7 Å². The van der Waals surface area contributed by atoms with Crippen LogP contribution >= 0.6 is 0 Å². The summed E-state index contributed by atoms with van der Waals surface area (Å²) >= 11 is 0. The number of fused-ring (bicyclic) bond motifs is 1. The summed E-state index contributed by atoms with van der Waals surface area (Å²) in [6.07, 6.45) is 9.49. The highest BCUT2D eigenvalue weighted by molar-refractivity contribution is 6.03. The van der Waals surface area contributed by atoms with Gasteiger partial charge in [0.25, 0.3) is 12.3 Å². The van der Waals surface area contributed by atoms with Gasteiger partial charge >= 0.3 is 11.7 Å². The maximum atomic E-state index is 14.2. The molecule has 4 aromatic heterocycles. The number of carbonyl (C=O) groups excluding carboxylic acids is 3. The lowest BCUT2D eigenvalue weighted by Crippen LogP contribution is -2.44. The van der Waals surface area contributed by atoms with Gasteiger partial charge in [-0.2, -0.15) is 5.10 Å². The van der Waals surface area contributed by atoms with E-state index >= 15 is 0 Å². The fourth-order valence-corrected chi connectivity index (χ4v) is 9.40. The van der Waals surface area contributed by atoms with Crippen LogP contribution < -0.4 is 21.6 Å². The van der Waals surface area contributed by atoms with E-state index in [0.717, 1.165) is 30.5 Å². The number of oxazole rings is 1. The summed E-state index contributed by atoms with van der Waals surface area (Å²) in [6, 6.07) is 8.21. The molecule has 0 bridgehead atoms. The number of alkyl halides is 2. The number of rotatable bonds is 22. The molecule has 3 fully saturated rings. The Bertz CT molecular complexity index is 2630. The number of para-hydroxylation sites is 1. The minimum absolute atomic E-state index is 0.0629. The average Bonchev–Trinajstić information content (AvgIpc) is 3.71. The van der Waals surface area contributed by atoms with Crippen LogP contribution in [0.15, 0.2) is 58.2 Å². The fraction of sp³-hybridized carbons (Fsp3) is 0.532. The molecule has 0 radical (unpaired) electrons. The van der Waals surface area contributed by atoms with Gasteiger partial charge in [0.1, 0.15) is 18.1 Å². The number of aromatic nitrogens is 6. The molecule has 1 aliphatic heterocycles. The quantitative estimate of drug-likeness (QED) is 0.0439. The van der Waals surface area contributed by atoms with E-state index in [1.807, 2.05) is 25.2 Å². The van der Waals surface area contributed by atoms with Crippen molar-refractivity contribution in [1.29, 1.82) is 0 Å². The van der Waals surface area contributed by atoms with Gasteiger partial charge < -0.3 is 29.8 Å². The van der Waals surface area contributed by atoms with E-state index in [1.165, 1.54) is 34.6 Å². The molecule has 2 aliphatic carbocycles. The fourth-order valence-electron chi connectivity index (χ4n) is 9.40. The number of piperidine rings is 1. The van der Waals surface area contributed by atoms with Crippen molar-refractivity contribution in [1.82, 2.24) is 39.1 Å². The molecule has 18 nitrogen and oxygen atoms in total. The van der Waals surface area contributed by atoms with Crippen LogP contribution in [0.3, 0.4) is 0 Å². The molecular weight excluding hydrogens is 871 g/mol. The van der Waals surface area contributed by atoms with Gasteiger partial charge in [-0.15, -0.1) is 0 Å². The Labute approximate surface area is 385 Å². The van der Waals surface area contributed by atoms with Gasteiger partial charge in [0.15, 0.2) is 11.4 Å². The van der Waals surface area contributed by atoms with Crippen molar-refractivity contribution in [3.63, 3.8) is 0 Å². The van der Waals surface area contributed by atoms with Crippen LogP contribution in [0.2, 0.25) is 0 Å². The first kappa shape index (κ1) is 47.2. The van der Waals surface area contributed by atoms with Crippen molar-refractivity contribution < 1.29 is 42.2 Å². The van der Waals surface area contributed by atoms with Crippen molar-refractivity contribution in [3.05, 3.63) is 76.4 Å². The smallest absolute Gasteiger partial charge is 0.329 e. The first-order valence-corrected chi connectivity index (χ1v) is 23.2. The van der Waals surface area contributed by atoms with E-state index in [1.54, 1.807) is 29.9 Å². The Morgan fingerprint density at radius 3 is 2.57 bits per heavy atom. The number of aryl methyl sites for hydroxylation is 2. The lowest BCUT2D eigenvalue weighted by Gasteiger charge is -2.32. The number of ether oxygens (including phenoxy) is 1. The lowest BCUT2D eigenvalue weighted by atomic mass is 9.85. The maximum Gasteiger partial charge on any atom is 0.329 e. The highest BCUT2D eigenvalue weighted by Gasteiger charge is 2.32. The molecule has 2 unspecified atom stereocenters. The molecule has 3 amide bonds. The van der Waals surface area contributed by atoms with Gasteiger partial charge in [-0.25, -0.2) is 23.5 Å². The molecule has 1 saturated heterocycles. The number of imide groups is 1. The number of hydrogen-bond acceptors (Lipinski definition) is 12. The third kappa shape index (κ3) is 11.5. The minimum Gasteiger partial charge on any atom is -0.481 e. The van der Waals surface area contributed by atoms with Crippen LogP contribution in [0.4, 0.5) is 20.3 Å². The third-order valence-electron chi connectivity index (χ3n) is 13.2. The van der Waals surface area contributed by atoms with Crippen LogP contribution in [0.5, 0.6) is 0 Å². The molecule has 4 N–H and O–H groups in total. The van der Waals surface area contributed by atoms with Gasteiger partial charge in [0.2, 0.25) is 17.7 Å². The summed E-state index contributed by atoms with van der Waals surface area (Å²) in [5.41, 5.74) is 1.96. The van der Waals surface area contributed by atoms with E-state index in [0.29, 0.717) is 93.6 Å². The number of aliphatic carboxylic acids is 1. The number of carbonyl (C=O) groups is 4. The summed E-state index contributed by atoms with van der Waals surface area (Å²) < 4.78 is 44.4. The number of anilines is 2. The molecule has 3 aliphatic rings. The van der Waals surface area contributed by atoms with Crippen molar-refractivity contribution in [2.24, 2.45) is 24.8 Å². The topological polar surface area (TPSA) is 221 Å². The highest BCUT2D eigenvalue weighted by atomic mass is 19.3. The zero-order valence-corrected chi connectivity index (χ0v) is 37.8. The number of pyridine rings is 1. The Morgan fingerprint density at radius 2 is 1.82 bits per heavy atom. The second-order valence-electron chi connectivity index (χ2n) is 18.2. The summed E-state index contributed by atoms with van der Waals surface area (Å²) in [7, 11) is 3.60. The Kier molecular flexibility index (Phi) is 14.9. The molecule has 8 rings (SSSR count). The second kappa shape index (κ2) is 21.1. The Hall–Kier alpha value is -6.28. The minimum atomic E-state index is -2.91. The van der Waals surface area contributed by atoms with Crippen molar-refractivity contribution in [2.75, 3.05) is 50.5 Å². The molecule has 358 valence electrons. The van der Waals surface area contributed by atoms with Gasteiger partial charge in [-0.05, 0) is 113 Å². The van der Waals surface area contributed by atoms with E-state index in [-0.39, 0.29) is 47.8 Å². The number of carboxylic acid groups (broad SMARTS) is 1. The zero-order chi connectivity index (χ0) is 47.2. The predicted octanol–water partition coefficient (Wildman–Crippen LogP) is 6.37. The van der Waals surface area contributed by atoms with Crippen molar-refractivity contribution in [2.45, 2.75) is 95.6 Å². The Balaban J connectivity index is 0.756. The third-order valence-corrected chi connectivity index (χ3v) is 13.2. The van der Waals surface area contributed by atoms with Crippen LogP contribution in [-0.2, 0) is 32.6 Å². The molecule has 2 saturated carbocycles. The number of imidazole rings is 1. The largest absolute Gasteiger partial charge is 0.481 e. The normalized spacial score (nSPS) is 19.3. The van der Waals surface area contributed by atoms with Gasteiger partial charge in [0, 0.05) is 64.3 Å². The average molecular weight is 929 g/mol. The molecule has 67 heavy (non-hydrogen) atoms. The lowest BCUT2D eigenvalue weighted by molar-refractivity contribution is -0.143. The summed E-state index contributed by atoms with van der Waals surface area (Å²) in [4.78, 5) is 73.6. The maximum absolute atomic E-state index is 14.2. The van der Waals surface area contributed by atoms with Gasteiger partial charge in [-0.1, -0.05) is 12.1 Å². The molecule has 5 heterocycles. The second-order valence-corrected chi connectivity index (χ2v) is 18.2. The SMILES string of the molecule is CN(CC(CCCOCCCc1cccc2c1n(C)c(=O)n2C1CCC(=O)NC1=O)C(=O)O)C[C@H]1CC[C@H](n2cc(NC(=O)c3coc(-c4ccnc(NCC5CC5)c4)n3)c(C(F)F)n2)CC1. The summed E-state index contributed by atoms with van der Waals surface area (Å²) in [6.45, 7) is 2.76. The standard InChI is InChI=1S/C47H58F2N10O8/c1-56(25-32(46(63)64)8-5-21-66-20-4-7-30-6-3-9-36-41(30)57(2)47(65)59(36)37-16-17-39(60)54-44(37)62)24-29-12-14-33(15-13-29)58-26-34(40(55-58)42(48)49)52-43(61)35-27-67-45(53-35)31-18-19-50-38(22-31)51-23-28-10-11-28/h3,6,9,18-19,22,26-29,32-33,37,42H,4-5,7-8,10-17,20-21,23-25H2,1-2H3,(H,50,51)(H,52,61)(H,63,64)(H,54,60,62)/t29-,32?,33-,37?. The number of benzene rings is 1. The number of halogens is 2. The number of nitrogens with one attached hydrogen (secondary N) is 3. The predicted molar refractivity (Wildman–Crippen MR) is 243 cm³/mol. The number of hydrogen-bond donors (Lipinski definition) is 4. The van der Waals surface area contributed by atoms with Crippen LogP contribution in [-0.4, -0.2) is 102 Å². The summed E-state index contributed by atoms with van der Waals surface area (Å²) in [5, 5.41) is 22.4. The van der Waals surface area contributed by atoms with E-state index in [2.05, 4.69) is 35.9 Å². The van der Waals surface area contributed by atoms with Crippen molar-refractivity contribution >= 4 is 46.2 Å². The van der Waals surface area contributed by atoms with E-state index in [4.69, 9.17) is 9.15 Å². The highest BCUT2D eigenvalue weighted by Crippen LogP contribution is 2.36. The molecular formula is C47H58F2N10O8. The van der Waals surface area contributed by atoms with Crippen LogP contribution in [0.25, 0.3) is 22.5 Å². The Morgan fingerprint density at radius 1 is 1.04 bits per heavy atom. The first-order chi connectivity index (χ1) is 32.3. The number of amides is 3. The monoisotopic (exact) mass is 928 g/mol. The van der Waals surface area contributed by atoms with Gasteiger partial charge in [-0.3, -0.25) is 38.3 Å². The van der Waals surface area contributed by atoms with Crippen LogP contribution in [0, 0.1) is 17.8 Å². The first-order valence-electron chi connectivity index (χ1n) is 23.2. The molecule has 5 aromatic rings. The van der Waals surface area contributed by atoms with E-state index in [9.17, 15) is 37.9 Å². The molecule has 20 heteroatoms. The van der Waals surface area contributed by atoms with E-state index < -0.39 is 41.9 Å². The number of nitrogens with zero attached hydrogens (tertiary/aromatic N) is 7.